The molecule has 0 saturated carbocycles. The molecule has 0 atom stereocenters. The number of carbonyl (C=O) groups is 2. The number of ketones is 1. The van der Waals surface area contributed by atoms with Crippen LogP contribution in [0.5, 0.6) is 17.2 Å². The summed E-state index contributed by atoms with van der Waals surface area (Å²) < 4.78 is 16.5. The Morgan fingerprint density at radius 3 is 2.52 bits per heavy atom. The van der Waals surface area contributed by atoms with Crippen molar-refractivity contribution < 1.29 is 23.8 Å². The molecule has 5 heteroatoms. The van der Waals surface area contributed by atoms with Crippen molar-refractivity contribution in [3.63, 3.8) is 0 Å². The number of esters is 1. The number of allylic oxidation sites excluding steroid dienone is 1. The van der Waals surface area contributed by atoms with E-state index in [0.29, 0.717) is 28.4 Å². The van der Waals surface area contributed by atoms with E-state index in [0.717, 1.165) is 5.56 Å². The predicted octanol–water partition coefficient (Wildman–Crippen LogP) is 4.57. The fourth-order valence-electron chi connectivity index (χ4n) is 2.72. The number of carbonyl (C=O) groups excluding carboxylic acids is 2. The molecule has 140 valence electrons. The highest BCUT2D eigenvalue weighted by Crippen LogP contribution is 2.38. The molecule has 3 rings (SSSR count). The molecular weight excluding hydrogens is 344 g/mol. The van der Waals surface area contributed by atoms with E-state index in [9.17, 15) is 9.59 Å². The van der Waals surface area contributed by atoms with Crippen LogP contribution in [0.25, 0.3) is 6.08 Å². The molecule has 1 aliphatic rings. The van der Waals surface area contributed by atoms with Gasteiger partial charge in [0.2, 0.25) is 5.78 Å². The number of para-hydroxylation sites is 1. The second-order valence-corrected chi connectivity index (χ2v) is 7.43. The van der Waals surface area contributed by atoms with Crippen LogP contribution in [0.1, 0.15) is 42.3 Å². The number of Topliss-reactive ketones (excluding diaryl/α,β-unsaturated/α-hetero) is 1. The average Bonchev–Trinajstić information content (AvgIpc) is 2.90. The smallest absolute Gasteiger partial charge is 0.316 e. The molecule has 0 aromatic heterocycles. The Balaban J connectivity index is 1.94. The van der Waals surface area contributed by atoms with Gasteiger partial charge in [-0.15, -0.1) is 0 Å². The highest BCUT2D eigenvalue weighted by atomic mass is 16.5. The summed E-state index contributed by atoms with van der Waals surface area (Å²) in [6.45, 7) is 7.14. The minimum Gasteiger partial charge on any atom is -0.496 e. The molecule has 0 radical (unpaired) electrons. The second kappa shape index (κ2) is 6.91. The Kier molecular flexibility index (Phi) is 4.79. The first-order valence-corrected chi connectivity index (χ1v) is 8.65. The van der Waals surface area contributed by atoms with Gasteiger partial charge in [-0.05, 0) is 51.5 Å². The van der Waals surface area contributed by atoms with E-state index < -0.39 is 5.41 Å². The van der Waals surface area contributed by atoms with Crippen LogP contribution in [-0.2, 0) is 4.79 Å². The number of fused-ring (bicyclic) bond motifs is 1. The number of hydrogen-bond donors (Lipinski definition) is 0. The van der Waals surface area contributed by atoms with Gasteiger partial charge in [-0.2, -0.15) is 0 Å². The third-order valence-corrected chi connectivity index (χ3v) is 4.19. The van der Waals surface area contributed by atoms with Crippen LogP contribution >= 0.6 is 0 Å². The quantitative estimate of drug-likeness (QED) is 0.452. The summed E-state index contributed by atoms with van der Waals surface area (Å²) in [4.78, 5) is 24.9. The van der Waals surface area contributed by atoms with Crippen LogP contribution in [0.15, 0.2) is 42.2 Å². The van der Waals surface area contributed by atoms with E-state index >= 15 is 0 Å². The van der Waals surface area contributed by atoms with Crippen LogP contribution < -0.4 is 14.2 Å². The molecule has 0 spiro atoms. The molecular formula is C22H22O5. The van der Waals surface area contributed by atoms with E-state index in [-0.39, 0.29) is 17.5 Å². The predicted molar refractivity (Wildman–Crippen MR) is 102 cm³/mol. The van der Waals surface area contributed by atoms with Crippen molar-refractivity contribution >= 4 is 17.8 Å². The van der Waals surface area contributed by atoms with Crippen LogP contribution in [0.4, 0.5) is 0 Å². The molecule has 27 heavy (non-hydrogen) atoms. The molecule has 2 aromatic carbocycles. The summed E-state index contributed by atoms with van der Waals surface area (Å²) in [7, 11) is 1.57. The van der Waals surface area contributed by atoms with Crippen molar-refractivity contribution in [2.45, 2.75) is 27.7 Å². The first-order valence-electron chi connectivity index (χ1n) is 8.65. The highest BCUT2D eigenvalue weighted by Gasteiger charge is 2.31. The van der Waals surface area contributed by atoms with Gasteiger partial charge in [0, 0.05) is 11.6 Å². The van der Waals surface area contributed by atoms with Crippen LogP contribution in [0, 0.1) is 12.3 Å². The molecule has 0 unspecified atom stereocenters. The molecule has 0 N–H and O–H groups in total. The maximum atomic E-state index is 12.8. The van der Waals surface area contributed by atoms with Gasteiger partial charge in [-0.3, -0.25) is 9.59 Å². The zero-order valence-corrected chi connectivity index (χ0v) is 16.1. The topological polar surface area (TPSA) is 61.8 Å². The Morgan fingerprint density at radius 2 is 1.85 bits per heavy atom. The normalized spacial score (nSPS) is 14.7. The monoisotopic (exact) mass is 366 g/mol. The Hall–Kier alpha value is -3.08. The van der Waals surface area contributed by atoms with E-state index in [1.54, 1.807) is 53.0 Å². The van der Waals surface area contributed by atoms with Crippen molar-refractivity contribution in [3.05, 3.63) is 58.8 Å². The minimum absolute atomic E-state index is 0.205. The van der Waals surface area contributed by atoms with Crippen molar-refractivity contribution in [2.75, 3.05) is 7.11 Å². The van der Waals surface area contributed by atoms with Gasteiger partial charge >= 0.3 is 5.97 Å². The summed E-state index contributed by atoms with van der Waals surface area (Å²) in [5.41, 5.74) is 1.29. The third-order valence-electron chi connectivity index (χ3n) is 4.19. The molecule has 0 amide bonds. The van der Waals surface area contributed by atoms with Gasteiger partial charge < -0.3 is 14.2 Å². The fourth-order valence-corrected chi connectivity index (χ4v) is 2.72. The highest BCUT2D eigenvalue weighted by molar-refractivity contribution is 6.15. The lowest BCUT2D eigenvalue weighted by atomic mass is 9.97. The summed E-state index contributed by atoms with van der Waals surface area (Å²) in [5.74, 6) is 1.04. The molecule has 0 aliphatic carbocycles. The third kappa shape index (κ3) is 3.72. The lowest BCUT2D eigenvalue weighted by Crippen LogP contribution is -2.25. The average molecular weight is 366 g/mol. The maximum absolute atomic E-state index is 12.8. The van der Waals surface area contributed by atoms with Crippen LogP contribution in [0.2, 0.25) is 0 Å². The second-order valence-electron chi connectivity index (χ2n) is 7.43. The Labute approximate surface area is 158 Å². The van der Waals surface area contributed by atoms with Gasteiger partial charge in [-0.25, -0.2) is 0 Å². The number of ether oxygens (including phenoxy) is 3. The summed E-state index contributed by atoms with van der Waals surface area (Å²) in [5, 5.41) is 0. The van der Waals surface area contributed by atoms with Gasteiger partial charge in [0.15, 0.2) is 5.76 Å². The summed E-state index contributed by atoms with van der Waals surface area (Å²) in [6, 6.07) is 10.6. The number of benzene rings is 2. The number of rotatable bonds is 3. The van der Waals surface area contributed by atoms with Gasteiger partial charge in [0.25, 0.3) is 0 Å². The van der Waals surface area contributed by atoms with Crippen molar-refractivity contribution in [2.24, 2.45) is 5.41 Å². The van der Waals surface area contributed by atoms with Gasteiger partial charge in [0.1, 0.15) is 17.2 Å². The SMILES string of the molecule is COc1ccccc1/C=C1\Oc2cc(OC(=O)C(C)(C)C)cc(C)c2C1=O. The molecule has 5 nitrogen and oxygen atoms in total. The number of hydrogen-bond acceptors (Lipinski definition) is 5. The Morgan fingerprint density at radius 1 is 1.15 bits per heavy atom. The largest absolute Gasteiger partial charge is 0.496 e. The summed E-state index contributed by atoms with van der Waals surface area (Å²) >= 11 is 0. The lowest BCUT2D eigenvalue weighted by Gasteiger charge is -2.16. The molecule has 0 fully saturated rings. The van der Waals surface area contributed by atoms with E-state index in [4.69, 9.17) is 14.2 Å². The maximum Gasteiger partial charge on any atom is 0.316 e. The minimum atomic E-state index is -0.626. The first-order chi connectivity index (χ1) is 12.7. The lowest BCUT2D eigenvalue weighted by molar-refractivity contribution is -0.143. The van der Waals surface area contributed by atoms with Crippen molar-refractivity contribution in [1.82, 2.24) is 0 Å². The zero-order chi connectivity index (χ0) is 19.8. The molecule has 0 bridgehead atoms. The number of aryl methyl sites for hydroxylation is 1. The standard InChI is InChI=1S/C22H22O5/c1-13-10-15(26-21(24)22(2,3)4)12-17-19(13)20(23)18(27-17)11-14-8-6-7-9-16(14)25-5/h6-12H,1-5H3/b18-11-. The summed E-state index contributed by atoms with van der Waals surface area (Å²) in [6.07, 6.45) is 1.65. The van der Waals surface area contributed by atoms with E-state index in [2.05, 4.69) is 0 Å². The van der Waals surface area contributed by atoms with Gasteiger partial charge in [-0.1, -0.05) is 18.2 Å². The van der Waals surface area contributed by atoms with Crippen molar-refractivity contribution in [3.8, 4) is 17.2 Å². The van der Waals surface area contributed by atoms with Crippen molar-refractivity contribution in [1.29, 1.82) is 0 Å². The molecule has 1 heterocycles. The van der Waals surface area contributed by atoms with Crippen LogP contribution in [0.3, 0.4) is 0 Å². The van der Waals surface area contributed by atoms with Crippen LogP contribution in [-0.4, -0.2) is 18.9 Å². The van der Waals surface area contributed by atoms with E-state index in [1.807, 2.05) is 24.3 Å². The molecule has 2 aromatic rings. The Bertz CT molecular complexity index is 948. The zero-order valence-electron chi connectivity index (χ0n) is 16.1. The molecule has 1 aliphatic heterocycles. The number of methoxy groups -OCH3 is 1. The fraction of sp³-hybridized carbons (Fsp3) is 0.273. The van der Waals surface area contributed by atoms with E-state index in [1.165, 1.54) is 0 Å². The first kappa shape index (κ1) is 18.7. The molecule has 0 saturated heterocycles. The van der Waals surface area contributed by atoms with Gasteiger partial charge in [0.05, 0.1) is 18.1 Å².